The number of benzene rings is 18. The highest BCUT2D eigenvalue weighted by Crippen LogP contribution is 2.47. The van der Waals surface area contributed by atoms with Gasteiger partial charge in [-0.05, 0) is 141 Å². The lowest BCUT2D eigenvalue weighted by Gasteiger charge is -2.15. The number of rotatable bonds is 12. The fraction of sp³-hybridized carbons (Fsp3) is 0. The fourth-order valence-electron chi connectivity index (χ4n) is 18.4. The van der Waals surface area contributed by atoms with Crippen molar-refractivity contribution in [2.24, 2.45) is 0 Å². The third kappa shape index (κ3) is 11.8. The predicted octanol–water partition coefficient (Wildman–Crippen LogP) is 29.0. The van der Waals surface area contributed by atoms with Gasteiger partial charge >= 0.3 is 0 Å². The summed E-state index contributed by atoms with van der Waals surface area (Å²) in [5, 5.41) is 14.3. The van der Waals surface area contributed by atoms with Gasteiger partial charge in [0.25, 0.3) is 0 Å². The Hall–Kier alpha value is -16.2. The van der Waals surface area contributed by atoms with Crippen LogP contribution >= 0.6 is 0 Å². The minimum absolute atomic E-state index is 0.690. The molecule has 0 aliphatic carbocycles. The molecule has 0 atom stereocenters. The second kappa shape index (κ2) is 29.0. The number of nitrogens with zero attached hydrogens (tertiary/aromatic N) is 8. The molecule has 8 heteroatoms. The van der Waals surface area contributed by atoms with E-state index in [1.807, 2.05) is 36.4 Å². The van der Waals surface area contributed by atoms with Gasteiger partial charge in [0.05, 0.1) is 66.9 Å². The highest BCUT2D eigenvalue weighted by Gasteiger charge is 2.26. The Bertz CT molecular complexity index is 7530. The van der Waals surface area contributed by atoms with Crippen LogP contribution in [0.4, 0.5) is 0 Å². The molecule has 8 nitrogen and oxygen atoms in total. The van der Waals surface area contributed by atoms with Crippen LogP contribution in [0, 0.1) is 0 Å². The molecule has 6 aromatic heterocycles. The zero-order chi connectivity index (χ0) is 79.1. The molecule has 0 saturated carbocycles. The third-order valence-corrected chi connectivity index (χ3v) is 23.8. The van der Waals surface area contributed by atoms with Gasteiger partial charge in [-0.3, -0.25) is 0 Å². The molecule has 24 rings (SSSR count). The van der Waals surface area contributed by atoms with Gasteiger partial charge in [0.15, 0.2) is 11.6 Å². The van der Waals surface area contributed by atoms with Crippen molar-refractivity contribution in [3.05, 3.63) is 437 Å². The van der Waals surface area contributed by atoms with Gasteiger partial charge in [-0.15, -0.1) is 0 Å². The van der Waals surface area contributed by atoms with Crippen LogP contribution in [0.5, 0.6) is 0 Å². The van der Waals surface area contributed by atoms with Crippen LogP contribution in [-0.4, -0.2) is 38.2 Å². The first kappa shape index (κ1) is 69.4. The summed E-state index contributed by atoms with van der Waals surface area (Å²) >= 11 is 0. The van der Waals surface area contributed by atoms with Crippen molar-refractivity contribution in [3.63, 3.8) is 0 Å². The number of hydrogen-bond acceptors (Lipinski definition) is 4. The van der Waals surface area contributed by atoms with Crippen molar-refractivity contribution >= 4 is 109 Å². The van der Waals surface area contributed by atoms with Gasteiger partial charge in [0.2, 0.25) is 0 Å². The van der Waals surface area contributed by atoms with E-state index in [2.05, 4.69) is 419 Å². The molecule has 120 heavy (non-hydrogen) atoms. The monoisotopic (exact) mass is 1530 g/mol. The van der Waals surface area contributed by atoms with Gasteiger partial charge < -0.3 is 18.3 Å². The summed E-state index contributed by atoms with van der Waals surface area (Å²) in [6.45, 7) is 0. The molecule has 0 fully saturated rings. The van der Waals surface area contributed by atoms with Crippen LogP contribution in [0.3, 0.4) is 0 Å². The topological polar surface area (TPSA) is 71.3 Å². The summed E-state index contributed by atoms with van der Waals surface area (Å²) in [5.41, 5.74) is 28.2. The smallest absolute Gasteiger partial charge is 0.161 e. The van der Waals surface area contributed by atoms with Gasteiger partial charge in [-0.1, -0.05) is 340 Å². The van der Waals surface area contributed by atoms with E-state index in [-0.39, 0.29) is 0 Å². The first-order valence-electron chi connectivity index (χ1n) is 40.8. The Kier molecular flexibility index (Phi) is 16.7. The average Bonchev–Trinajstić information content (AvgIpc) is 1.54. The molecule has 6 heterocycles. The van der Waals surface area contributed by atoms with E-state index < -0.39 is 0 Å². The summed E-state index contributed by atoms with van der Waals surface area (Å²) in [4.78, 5) is 21.1. The van der Waals surface area contributed by atoms with E-state index >= 15 is 0 Å². The SMILES string of the molecule is c1ccc(-c2cccc(-n3c4ccccc4c4ccc5c(c6ccccc6n5-c5cc(-c6cc(-c7ccccc7)nc(-c7ccccc7)n6)c6ccccc6c5)c43)c2)cc1.c1ccc(-c2cccc(-n3c4ccccc4c4ccc5c(c6ccccc6n5-c5cc(-c6nc(-c7ccccc7)cc(-c7ccccc7)n6)c6ccccc6c5)c43)c2)cc1. The molecule has 0 bridgehead atoms. The van der Waals surface area contributed by atoms with E-state index in [0.29, 0.717) is 11.6 Å². The molecule has 0 amide bonds. The average molecular weight is 1530 g/mol. The van der Waals surface area contributed by atoms with Crippen molar-refractivity contribution in [3.8, 4) is 113 Å². The quantitative estimate of drug-likeness (QED) is 0.122. The molecule has 560 valence electrons. The van der Waals surface area contributed by atoms with Crippen LogP contribution in [0.1, 0.15) is 0 Å². The molecule has 0 spiro atoms. The lowest BCUT2D eigenvalue weighted by Crippen LogP contribution is -1.99. The Labute approximate surface area is 692 Å². The van der Waals surface area contributed by atoms with Crippen molar-refractivity contribution in [2.75, 3.05) is 0 Å². The summed E-state index contributed by atoms with van der Waals surface area (Å²) in [7, 11) is 0. The van der Waals surface area contributed by atoms with Gasteiger partial charge in [-0.25, -0.2) is 19.9 Å². The molecule has 0 unspecified atom stereocenters. The minimum atomic E-state index is 0.690. The summed E-state index contributed by atoms with van der Waals surface area (Å²) < 4.78 is 9.82. The Morgan fingerprint density at radius 2 is 0.475 bits per heavy atom. The summed E-state index contributed by atoms with van der Waals surface area (Å²) in [6.07, 6.45) is 0. The Morgan fingerprint density at radius 3 is 0.908 bits per heavy atom. The molecule has 0 saturated heterocycles. The minimum Gasteiger partial charge on any atom is -0.309 e. The maximum absolute atomic E-state index is 5.31. The second-order valence-electron chi connectivity index (χ2n) is 30.8. The zero-order valence-electron chi connectivity index (χ0n) is 65.1. The van der Waals surface area contributed by atoms with Crippen LogP contribution in [0.25, 0.3) is 222 Å². The van der Waals surface area contributed by atoms with E-state index in [9.17, 15) is 0 Å². The summed E-state index contributed by atoms with van der Waals surface area (Å²) in [5.74, 6) is 1.39. The summed E-state index contributed by atoms with van der Waals surface area (Å²) in [6, 6.07) is 156. The molecule has 0 N–H and O–H groups in total. The highest BCUT2D eigenvalue weighted by atomic mass is 15.0. The van der Waals surface area contributed by atoms with E-state index in [0.717, 1.165) is 123 Å². The number of hydrogen-bond donors (Lipinski definition) is 0. The lowest BCUT2D eigenvalue weighted by molar-refractivity contribution is 1.16. The molecule has 0 aliphatic rings. The van der Waals surface area contributed by atoms with Crippen molar-refractivity contribution < 1.29 is 0 Å². The van der Waals surface area contributed by atoms with E-state index in [1.54, 1.807) is 0 Å². The lowest BCUT2D eigenvalue weighted by atomic mass is 9.99. The molecule has 24 aromatic rings. The number of aromatic nitrogens is 8. The molecular weight excluding hydrogens is 1460 g/mol. The molecular formula is C112H72N8. The van der Waals surface area contributed by atoms with Crippen molar-refractivity contribution in [1.29, 1.82) is 0 Å². The van der Waals surface area contributed by atoms with Crippen molar-refractivity contribution in [1.82, 2.24) is 38.2 Å². The Balaban J connectivity index is 0.000000140. The third-order valence-electron chi connectivity index (χ3n) is 23.8. The van der Waals surface area contributed by atoms with Gasteiger partial charge in [-0.2, -0.15) is 0 Å². The van der Waals surface area contributed by atoms with Crippen LogP contribution in [-0.2, 0) is 0 Å². The van der Waals surface area contributed by atoms with Gasteiger partial charge in [0, 0.05) is 99.2 Å². The maximum atomic E-state index is 5.31. The van der Waals surface area contributed by atoms with Crippen LogP contribution < -0.4 is 0 Å². The fourth-order valence-corrected chi connectivity index (χ4v) is 18.4. The van der Waals surface area contributed by atoms with Gasteiger partial charge in [0.1, 0.15) is 0 Å². The largest absolute Gasteiger partial charge is 0.309 e. The van der Waals surface area contributed by atoms with E-state index in [1.165, 1.54) is 87.4 Å². The highest BCUT2D eigenvalue weighted by molar-refractivity contribution is 6.28. The standard InChI is InChI=1S/2C56H36N4/c1-4-17-37(18-5-1)40-24-16-25-42(33-40)60-51-29-14-12-27-45(51)46-31-32-53-54(55(46)60)47-28-13-15-30-52(47)59(53)43-34-41-23-10-11-26-44(41)48(35-43)50-36-49(38-19-6-2-7-20-38)57-56(58-50)39-21-8-3-9-22-39;1-4-17-37(18-5-1)40-24-16-25-42(33-40)60-51-29-14-12-27-45(51)46-31-32-53-54(55(46)60)47-28-13-15-30-52(47)59(53)43-34-41-23-10-11-26-44(41)48(35-43)56-57-49(38-19-6-2-7-20-38)36-50(58-56)39-21-8-3-9-22-39/h2*1-36H. The maximum Gasteiger partial charge on any atom is 0.161 e. The first-order chi connectivity index (χ1) is 59.5. The van der Waals surface area contributed by atoms with Crippen LogP contribution in [0.15, 0.2) is 437 Å². The first-order valence-corrected chi connectivity index (χ1v) is 40.8. The molecule has 0 aliphatic heterocycles. The van der Waals surface area contributed by atoms with Crippen LogP contribution in [0.2, 0.25) is 0 Å². The predicted molar refractivity (Wildman–Crippen MR) is 500 cm³/mol. The van der Waals surface area contributed by atoms with Crippen molar-refractivity contribution in [2.45, 2.75) is 0 Å². The second-order valence-corrected chi connectivity index (χ2v) is 30.8. The molecule has 0 radical (unpaired) electrons. The van der Waals surface area contributed by atoms with E-state index in [4.69, 9.17) is 19.9 Å². The molecule has 18 aromatic carbocycles. The normalized spacial score (nSPS) is 11.7. The number of fused-ring (bicyclic) bond motifs is 16. The Morgan fingerprint density at radius 1 is 0.158 bits per heavy atom. The zero-order valence-corrected chi connectivity index (χ0v) is 65.1. The number of para-hydroxylation sites is 4.